The molecule has 0 atom stereocenters. The van der Waals surface area contributed by atoms with E-state index in [1.165, 1.54) is 19.3 Å². The monoisotopic (exact) mass is 497 g/mol. The van der Waals surface area contributed by atoms with E-state index >= 15 is 0 Å². The Labute approximate surface area is 213 Å². The first-order chi connectivity index (χ1) is 18.1. The van der Waals surface area contributed by atoms with E-state index < -0.39 is 5.97 Å². The first kappa shape index (κ1) is 23.1. The Morgan fingerprint density at radius 2 is 1.68 bits per heavy atom. The van der Waals surface area contributed by atoms with E-state index in [1.807, 2.05) is 36.4 Å². The number of rotatable bonds is 6. The highest BCUT2D eigenvalue weighted by atomic mass is 16.7. The normalized spacial score (nSPS) is 15.1. The number of hydrogen-bond acceptors (Lipinski definition) is 5. The molecule has 8 heteroatoms. The first-order valence-corrected chi connectivity index (χ1v) is 12.6. The van der Waals surface area contributed by atoms with Crippen molar-refractivity contribution in [1.82, 2.24) is 14.9 Å². The molecule has 188 valence electrons. The van der Waals surface area contributed by atoms with Crippen LogP contribution in [0.3, 0.4) is 0 Å². The summed E-state index contributed by atoms with van der Waals surface area (Å²) in [4.78, 5) is 29.2. The van der Waals surface area contributed by atoms with E-state index in [0.717, 1.165) is 35.3 Å². The van der Waals surface area contributed by atoms with Gasteiger partial charge in [-0.15, -0.1) is 0 Å². The maximum absolute atomic E-state index is 12.8. The molecular weight excluding hydrogens is 470 g/mol. The van der Waals surface area contributed by atoms with Gasteiger partial charge in [0, 0.05) is 23.7 Å². The molecule has 0 spiro atoms. The van der Waals surface area contributed by atoms with Gasteiger partial charge in [0.25, 0.3) is 5.91 Å². The van der Waals surface area contributed by atoms with E-state index in [-0.39, 0.29) is 18.3 Å². The van der Waals surface area contributed by atoms with E-state index in [1.54, 1.807) is 24.3 Å². The van der Waals surface area contributed by atoms with Crippen LogP contribution in [0.4, 0.5) is 0 Å². The van der Waals surface area contributed by atoms with Gasteiger partial charge < -0.3 is 24.5 Å². The zero-order valence-electron chi connectivity index (χ0n) is 20.3. The van der Waals surface area contributed by atoms with Gasteiger partial charge in [0.2, 0.25) is 6.79 Å². The van der Waals surface area contributed by atoms with Gasteiger partial charge in [-0.3, -0.25) is 4.79 Å². The van der Waals surface area contributed by atoms with Crippen molar-refractivity contribution in [3.63, 3.8) is 0 Å². The van der Waals surface area contributed by atoms with Gasteiger partial charge in [-0.2, -0.15) is 0 Å². The quantitative estimate of drug-likeness (QED) is 0.361. The summed E-state index contributed by atoms with van der Waals surface area (Å²) in [7, 11) is 0. The summed E-state index contributed by atoms with van der Waals surface area (Å²) in [5, 5.41) is 12.4. The third-order valence-electron chi connectivity index (χ3n) is 7.17. The number of carboxylic acid groups (broad SMARTS) is 1. The Morgan fingerprint density at radius 3 is 2.46 bits per heavy atom. The van der Waals surface area contributed by atoms with Crippen LogP contribution in [0.25, 0.3) is 22.4 Å². The number of hydrogen-bond donors (Lipinski definition) is 2. The summed E-state index contributed by atoms with van der Waals surface area (Å²) < 4.78 is 13.0. The molecule has 8 nitrogen and oxygen atoms in total. The van der Waals surface area contributed by atoms with Crippen molar-refractivity contribution >= 4 is 22.9 Å². The predicted molar refractivity (Wildman–Crippen MR) is 138 cm³/mol. The molecule has 2 aliphatic rings. The second-order valence-electron chi connectivity index (χ2n) is 9.55. The van der Waals surface area contributed by atoms with Crippen LogP contribution in [0.1, 0.15) is 64.4 Å². The molecule has 0 radical (unpaired) electrons. The van der Waals surface area contributed by atoms with Crippen molar-refractivity contribution in [3.05, 3.63) is 77.4 Å². The lowest BCUT2D eigenvalue weighted by molar-refractivity contribution is 0.0696. The SMILES string of the molecule is O=C(O)c1ccc2c(c1)nc(-c1ccc(C(=O)NCc3ccc4c(c3)OCO4)cc1)n2C1CCCCC1. The fourth-order valence-electron chi connectivity index (χ4n) is 5.25. The lowest BCUT2D eigenvalue weighted by Gasteiger charge is -2.25. The summed E-state index contributed by atoms with van der Waals surface area (Å²) in [6, 6.07) is 18.5. The van der Waals surface area contributed by atoms with Crippen LogP contribution >= 0.6 is 0 Å². The van der Waals surface area contributed by atoms with Crippen LogP contribution < -0.4 is 14.8 Å². The van der Waals surface area contributed by atoms with Crippen LogP contribution in [0, 0.1) is 0 Å². The maximum atomic E-state index is 12.8. The highest BCUT2D eigenvalue weighted by Crippen LogP contribution is 2.36. The number of fused-ring (bicyclic) bond motifs is 2. The average molecular weight is 498 g/mol. The van der Waals surface area contributed by atoms with Gasteiger partial charge in [0.1, 0.15) is 5.82 Å². The maximum Gasteiger partial charge on any atom is 0.335 e. The summed E-state index contributed by atoms with van der Waals surface area (Å²) >= 11 is 0. The molecule has 2 N–H and O–H groups in total. The van der Waals surface area contributed by atoms with Gasteiger partial charge in [-0.05, 0) is 60.9 Å². The number of carbonyl (C=O) groups is 2. The Hall–Kier alpha value is -4.33. The minimum absolute atomic E-state index is 0.170. The fourth-order valence-corrected chi connectivity index (χ4v) is 5.25. The van der Waals surface area contributed by atoms with Gasteiger partial charge in [-0.1, -0.05) is 37.5 Å². The number of benzene rings is 3. The van der Waals surface area contributed by atoms with Crippen LogP contribution in [-0.2, 0) is 6.54 Å². The van der Waals surface area contributed by atoms with Gasteiger partial charge >= 0.3 is 5.97 Å². The third-order valence-corrected chi connectivity index (χ3v) is 7.17. The second kappa shape index (κ2) is 9.61. The van der Waals surface area contributed by atoms with Crippen LogP contribution in [0.15, 0.2) is 60.7 Å². The average Bonchev–Trinajstić information content (AvgIpc) is 3.56. The zero-order chi connectivity index (χ0) is 25.4. The van der Waals surface area contributed by atoms with Gasteiger partial charge in [0.15, 0.2) is 11.5 Å². The Morgan fingerprint density at radius 1 is 0.919 bits per heavy atom. The predicted octanol–water partition coefficient (Wildman–Crippen LogP) is 5.57. The minimum Gasteiger partial charge on any atom is -0.478 e. The molecule has 0 bridgehead atoms. The molecule has 6 rings (SSSR count). The number of nitrogens with one attached hydrogen (secondary N) is 1. The van der Waals surface area contributed by atoms with Crippen molar-refractivity contribution in [2.45, 2.75) is 44.7 Å². The molecule has 1 fully saturated rings. The number of imidazole rings is 1. The molecule has 3 aromatic carbocycles. The topological polar surface area (TPSA) is 103 Å². The van der Waals surface area contributed by atoms with E-state index in [2.05, 4.69) is 9.88 Å². The number of aromatic nitrogens is 2. The van der Waals surface area contributed by atoms with Crippen LogP contribution in [-0.4, -0.2) is 33.3 Å². The zero-order valence-corrected chi connectivity index (χ0v) is 20.3. The standard InChI is InChI=1S/C29H27N3O5/c33-28(30-16-18-6-13-25-26(14-18)37-17-36-25)20-9-7-19(8-10-20)27-31-23-15-21(29(34)35)11-12-24(23)32(27)22-4-2-1-3-5-22/h6-15,22H,1-5,16-17H2,(H,30,33)(H,34,35). The molecule has 1 aliphatic heterocycles. The van der Waals surface area contributed by atoms with Crippen molar-refractivity contribution in [2.75, 3.05) is 6.79 Å². The molecular formula is C29H27N3O5. The highest BCUT2D eigenvalue weighted by molar-refractivity contribution is 5.95. The highest BCUT2D eigenvalue weighted by Gasteiger charge is 2.23. The van der Waals surface area contributed by atoms with Crippen molar-refractivity contribution in [1.29, 1.82) is 0 Å². The van der Waals surface area contributed by atoms with Crippen molar-refractivity contribution in [3.8, 4) is 22.9 Å². The number of amides is 1. The molecule has 4 aromatic rings. The summed E-state index contributed by atoms with van der Waals surface area (Å²) in [6.45, 7) is 0.591. The molecule has 1 saturated carbocycles. The lowest BCUT2D eigenvalue weighted by atomic mass is 9.94. The van der Waals surface area contributed by atoms with Crippen LogP contribution in [0.5, 0.6) is 11.5 Å². The van der Waals surface area contributed by atoms with Gasteiger partial charge in [0.05, 0.1) is 16.6 Å². The van der Waals surface area contributed by atoms with E-state index in [9.17, 15) is 14.7 Å². The minimum atomic E-state index is -0.966. The Bertz CT molecular complexity index is 1490. The Kier molecular flexibility index (Phi) is 6.00. The summed E-state index contributed by atoms with van der Waals surface area (Å²) in [5.41, 5.74) is 4.21. The third kappa shape index (κ3) is 4.50. The molecule has 0 unspecified atom stereocenters. The molecule has 2 heterocycles. The number of carbonyl (C=O) groups excluding carboxylic acids is 1. The Balaban J connectivity index is 1.25. The lowest BCUT2D eigenvalue weighted by Crippen LogP contribution is -2.22. The van der Waals surface area contributed by atoms with Gasteiger partial charge in [-0.25, -0.2) is 9.78 Å². The van der Waals surface area contributed by atoms with Crippen LogP contribution in [0.2, 0.25) is 0 Å². The fraction of sp³-hybridized carbons (Fsp3) is 0.276. The molecule has 37 heavy (non-hydrogen) atoms. The smallest absolute Gasteiger partial charge is 0.335 e. The van der Waals surface area contributed by atoms with Crippen molar-refractivity contribution < 1.29 is 24.2 Å². The summed E-state index contributed by atoms with van der Waals surface area (Å²) in [6.07, 6.45) is 5.70. The number of nitrogens with zero attached hydrogens (tertiary/aromatic N) is 2. The molecule has 1 aliphatic carbocycles. The number of carboxylic acids is 1. The molecule has 0 saturated heterocycles. The van der Waals surface area contributed by atoms with E-state index in [0.29, 0.717) is 35.2 Å². The first-order valence-electron chi connectivity index (χ1n) is 12.6. The second-order valence-corrected chi connectivity index (χ2v) is 9.55. The summed E-state index contributed by atoms with van der Waals surface area (Å²) in [5.74, 6) is 1.07. The number of ether oxygens (including phenoxy) is 2. The van der Waals surface area contributed by atoms with E-state index in [4.69, 9.17) is 14.5 Å². The van der Waals surface area contributed by atoms with Crippen molar-refractivity contribution in [2.24, 2.45) is 0 Å². The molecule has 1 amide bonds. The molecule has 1 aromatic heterocycles. The number of aromatic carboxylic acids is 1. The largest absolute Gasteiger partial charge is 0.478 e.